The molecule has 1 aromatic carbocycles. The number of nitrogens with two attached hydrogens (primary N) is 1. The fraction of sp³-hybridized carbons (Fsp3) is 0.542. The number of rotatable bonds is 7. The minimum atomic E-state index is 0.234. The average Bonchev–Trinajstić information content (AvgIpc) is 2.76. The van der Waals surface area contributed by atoms with Gasteiger partial charge in [-0.15, -0.1) is 0 Å². The number of aromatic nitrogens is 2. The summed E-state index contributed by atoms with van der Waals surface area (Å²) in [5.41, 5.74) is 8.03. The molecule has 4 saturated carbocycles. The van der Waals surface area contributed by atoms with E-state index in [4.69, 9.17) is 5.73 Å². The highest BCUT2D eigenvalue weighted by molar-refractivity contribution is 5.53. The highest BCUT2D eigenvalue weighted by atomic mass is 16.3. The number of para-hydroxylation sites is 1. The number of nitriles is 1. The van der Waals surface area contributed by atoms with Crippen molar-refractivity contribution in [1.82, 2.24) is 9.97 Å². The molecule has 4 atom stereocenters. The van der Waals surface area contributed by atoms with Gasteiger partial charge in [-0.2, -0.15) is 10.2 Å². The van der Waals surface area contributed by atoms with E-state index >= 15 is 0 Å². The maximum absolute atomic E-state index is 9.96. The molecule has 1 heterocycles. The Kier molecular flexibility index (Phi) is 4.98. The quantitative estimate of drug-likeness (QED) is 0.542. The molecule has 5 N–H and O–H groups in total. The largest absolute Gasteiger partial charge is 0.508 e. The second-order valence-electron chi connectivity index (χ2n) is 10.1. The lowest BCUT2D eigenvalue weighted by Crippen LogP contribution is -2.56. The number of phenols is 1. The molecular formula is C24H30N6O. The van der Waals surface area contributed by atoms with Gasteiger partial charge in [0.25, 0.3) is 0 Å². The molecule has 4 fully saturated rings. The van der Waals surface area contributed by atoms with Crippen LogP contribution in [0.3, 0.4) is 0 Å². The number of phenolic OH excluding ortho intramolecular Hbond substituents is 1. The molecule has 7 heteroatoms. The van der Waals surface area contributed by atoms with Crippen molar-refractivity contribution < 1.29 is 5.11 Å². The summed E-state index contributed by atoms with van der Waals surface area (Å²) >= 11 is 0. The summed E-state index contributed by atoms with van der Waals surface area (Å²) in [6.45, 7) is 2.02. The Labute approximate surface area is 183 Å². The summed E-state index contributed by atoms with van der Waals surface area (Å²) in [7, 11) is 0. The maximum Gasteiger partial charge on any atom is 0.224 e. The maximum atomic E-state index is 9.96. The van der Waals surface area contributed by atoms with E-state index in [0.717, 1.165) is 30.5 Å². The van der Waals surface area contributed by atoms with Crippen LogP contribution in [-0.2, 0) is 6.54 Å². The van der Waals surface area contributed by atoms with Gasteiger partial charge in [0, 0.05) is 18.7 Å². The van der Waals surface area contributed by atoms with E-state index in [1.807, 2.05) is 12.1 Å². The Morgan fingerprint density at radius 3 is 2.58 bits per heavy atom. The van der Waals surface area contributed by atoms with E-state index in [1.54, 1.807) is 18.3 Å². The normalized spacial score (nSPS) is 30.7. The topological polar surface area (TPSA) is 120 Å². The molecule has 0 saturated heterocycles. The van der Waals surface area contributed by atoms with Crippen molar-refractivity contribution in [3.63, 3.8) is 0 Å². The molecule has 7 nitrogen and oxygen atoms in total. The van der Waals surface area contributed by atoms with Gasteiger partial charge in [0.2, 0.25) is 5.95 Å². The van der Waals surface area contributed by atoms with Gasteiger partial charge in [0.05, 0.1) is 6.20 Å². The number of hydrogen-bond acceptors (Lipinski definition) is 7. The third-order valence-electron chi connectivity index (χ3n) is 7.71. The van der Waals surface area contributed by atoms with Gasteiger partial charge in [-0.05, 0) is 73.8 Å². The molecule has 6 rings (SSSR count). The van der Waals surface area contributed by atoms with Crippen LogP contribution >= 0.6 is 0 Å². The lowest BCUT2D eigenvalue weighted by molar-refractivity contribution is -0.0989. The lowest BCUT2D eigenvalue weighted by atomic mass is 9.44. The Bertz CT molecular complexity index is 1000. The van der Waals surface area contributed by atoms with Gasteiger partial charge < -0.3 is 21.5 Å². The fourth-order valence-corrected chi connectivity index (χ4v) is 6.88. The Morgan fingerprint density at radius 1 is 1.13 bits per heavy atom. The number of hydrogen-bond donors (Lipinski definition) is 4. The second kappa shape index (κ2) is 7.69. The van der Waals surface area contributed by atoms with E-state index < -0.39 is 0 Å². The molecule has 4 aliphatic rings. The number of nitrogens with one attached hydrogen (secondary N) is 2. The zero-order valence-electron chi connectivity index (χ0n) is 17.8. The van der Waals surface area contributed by atoms with Crippen molar-refractivity contribution in [3.8, 4) is 11.8 Å². The van der Waals surface area contributed by atoms with Crippen LogP contribution in [0.5, 0.6) is 5.75 Å². The third-order valence-corrected chi connectivity index (χ3v) is 7.71. The highest BCUT2D eigenvalue weighted by Gasteiger charge is 2.56. The number of aromatic hydroxyl groups is 1. The van der Waals surface area contributed by atoms with Gasteiger partial charge in [-0.25, -0.2) is 4.98 Å². The van der Waals surface area contributed by atoms with Crippen molar-refractivity contribution in [2.45, 2.75) is 45.1 Å². The van der Waals surface area contributed by atoms with Crippen LogP contribution in [0.2, 0.25) is 0 Å². The first-order valence-corrected chi connectivity index (χ1v) is 11.2. The minimum Gasteiger partial charge on any atom is -0.508 e. The Hall–Kier alpha value is -2.85. The zero-order valence-corrected chi connectivity index (χ0v) is 17.8. The van der Waals surface area contributed by atoms with Crippen LogP contribution in [0.4, 0.5) is 11.8 Å². The molecular weight excluding hydrogens is 388 g/mol. The molecule has 1 unspecified atom stereocenters. The van der Waals surface area contributed by atoms with E-state index in [-0.39, 0.29) is 11.2 Å². The predicted octanol–water partition coefficient (Wildman–Crippen LogP) is 3.62. The van der Waals surface area contributed by atoms with Crippen molar-refractivity contribution in [2.75, 3.05) is 23.7 Å². The molecule has 31 heavy (non-hydrogen) atoms. The molecule has 162 valence electrons. The monoisotopic (exact) mass is 418 g/mol. The van der Waals surface area contributed by atoms with E-state index in [2.05, 4.69) is 26.7 Å². The second-order valence-corrected chi connectivity index (χ2v) is 10.1. The molecule has 1 aromatic heterocycles. The SMILES string of the molecule is N#Cc1cnc(NCc2ccccc2O)nc1NC[C@]12CC3C[C@@H](C[C@@](CN)(C3)C1)C2. The van der Waals surface area contributed by atoms with Gasteiger partial charge >= 0.3 is 0 Å². The zero-order chi connectivity index (χ0) is 21.5. The van der Waals surface area contributed by atoms with Crippen LogP contribution in [0.1, 0.15) is 49.7 Å². The molecule has 0 spiro atoms. The summed E-state index contributed by atoms with van der Waals surface area (Å²) in [5.74, 6) is 2.84. The lowest BCUT2D eigenvalue weighted by Gasteiger charge is -2.62. The first-order chi connectivity index (χ1) is 15.0. The standard InChI is InChI=1S/C24H30N6O/c25-10-19-12-28-22(27-11-18-3-1-2-4-20(18)31)30-21(19)29-15-24-8-16-5-17(9-24)7-23(6-16,13-24)14-26/h1-4,12,16-17,31H,5-9,11,13-15,26H2,(H2,27,28,29,30)/t16-,17?,23+,24+/m0/s1. The van der Waals surface area contributed by atoms with Crippen molar-refractivity contribution in [1.29, 1.82) is 5.26 Å². The van der Waals surface area contributed by atoms with Crippen LogP contribution in [-0.4, -0.2) is 28.2 Å². The van der Waals surface area contributed by atoms with E-state index in [0.29, 0.717) is 29.3 Å². The summed E-state index contributed by atoms with van der Waals surface area (Å²) in [5, 5.41) is 26.2. The first-order valence-electron chi connectivity index (χ1n) is 11.2. The molecule has 4 bridgehead atoms. The highest BCUT2D eigenvalue weighted by Crippen LogP contribution is 2.64. The smallest absolute Gasteiger partial charge is 0.224 e. The molecule has 0 amide bonds. The van der Waals surface area contributed by atoms with Crippen molar-refractivity contribution in [3.05, 3.63) is 41.6 Å². The van der Waals surface area contributed by atoms with Crippen LogP contribution < -0.4 is 16.4 Å². The Balaban J connectivity index is 1.30. The molecule has 2 aromatic rings. The number of benzene rings is 1. The summed E-state index contributed by atoms with van der Waals surface area (Å²) < 4.78 is 0. The minimum absolute atomic E-state index is 0.234. The van der Waals surface area contributed by atoms with E-state index in [1.165, 1.54) is 38.5 Å². The van der Waals surface area contributed by atoms with Crippen LogP contribution in [0, 0.1) is 34.0 Å². The molecule has 0 aliphatic heterocycles. The van der Waals surface area contributed by atoms with Crippen molar-refractivity contribution in [2.24, 2.45) is 28.4 Å². The average molecular weight is 419 g/mol. The fourth-order valence-electron chi connectivity index (χ4n) is 6.88. The van der Waals surface area contributed by atoms with Crippen LogP contribution in [0.25, 0.3) is 0 Å². The van der Waals surface area contributed by atoms with Gasteiger partial charge in [-0.1, -0.05) is 18.2 Å². The number of anilines is 2. The summed E-state index contributed by atoms with van der Waals surface area (Å²) in [6.07, 6.45) is 9.19. The summed E-state index contributed by atoms with van der Waals surface area (Å²) in [6, 6.07) is 9.38. The molecule has 4 aliphatic carbocycles. The Morgan fingerprint density at radius 2 is 1.87 bits per heavy atom. The van der Waals surface area contributed by atoms with Gasteiger partial charge in [0.15, 0.2) is 0 Å². The van der Waals surface area contributed by atoms with E-state index in [9.17, 15) is 10.4 Å². The molecule has 0 radical (unpaired) electrons. The van der Waals surface area contributed by atoms with Crippen molar-refractivity contribution >= 4 is 11.8 Å². The van der Waals surface area contributed by atoms with Gasteiger partial charge in [0.1, 0.15) is 23.2 Å². The first kappa shape index (κ1) is 20.1. The predicted molar refractivity (Wildman–Crippen MR) is 119 cm³/mol. The summed E-state index contributed by atoms with van der Waals surface area (Å²) in [4.78, 5) is 8.85. The van der Waals surface area contributed by atoms with Gasteiger partial charge in [-0.3, -0.25) is 0 Å². The third kappa shape index (κ3) is 3.81. The van der Waals surface area contributed by atoms with Crippen LogP contribution in [0.15, 0.2) is 30.5 Å². The number of nitrogens with zero attached hydrogens (tertiary/aromatic N) is 3.